The Balaban J connectivity index is 1.37. The lowest BCUT2D eigenvalue weighted by molar-refractivity contribution is 0.0990. The standard InChI is InChI=1S/C33H22N4O2/c1-36-28(17-16-21-10-4-2-5-11-21)34-33-32(36)35-29(37(33)24-14-6-3-7-15-24)20-27-30(38)25-18-22-12-8-9-13-23(22)19-26(25)31(27)39/h2-20H,1H3/b17-16+. The summed E-state index contributed by atoms with van der Waals surface area (Å²) in [5, 5.41) is 1.85. The molecule has 0 saturated carbocycles. The summed E-state index contributed by atoms with van der Waals surface area (Å²) in [5.41, 5.74) is 4.17. The number of hydrogen-bond acceptors (Lipinski definition) is 4. The van der Waals surface area contributed by atoms with Crippen LogP contribution >= 0.6 is 0 Å². The maximum atomic E-state index is 13.4. The summed E-state index contributed by atoms with van der Waals surface area (Å²) in [6, 6.07) is 31.1. The number of imidazole rings is 2. The van der Waals surface area contributed by atoms with Crippen LogP contribution in [0.2, 0.25) is 0 Å². The first-order valence-corrected chi connectivity index (χ1v) is 12.7. The Morgan fingerprint density at radius 2 is 1.21 bits per heavy atom. The van der Waals surface area contributed by atoms with E-state index >= 15 is 0 Å². The molecule has 4 aromatic carbocycles. The quantitative estimate of drug-likeness (QED) is 0.201. The van der Waals surface area contributed by atoms with Gasteiger partial charge in [-0.25, -0.2) is 9.97 Å². The molecule has 0 N–H and O–H groups in total. The van der Waals surface area contributed by atoms with E-state index in [9.17, 15) is 9.59 Å². The zero-order valence-corrected chi connectivity index (χ0v) is 21.1. The summed E-state index contributed by atoms with van der Waals surface area (Å²) in [5.74, 6) is 0.646. The number of ketones is 2. The highest BCUT2D eigenvalue weighted by atomic mass is 16.2. The molecule has 1 aliphatic carbocycles. The first kappa shape index (κ1) is 22.8. The highest BCUT2D eigenvalue weighted by Gasteiger charge is 2.34. The van der Waals surface area contributed by atoms with E-state index in [1.165, 1.54) is 0 Å². The van der Waals surface area contributed by atoms with Crippen LogP contribution in [0.5, 0.6) is 0 Å². The van der Waals surface area contributed by atoms with Gasteiger partial charge in [0.05, 0.1) is 5.57 Å². The molecule has 6 aromatic rings. The van der Waals surface area contributed by atoms with Crippen molar-refractivity contribution in [2.24, 2.45) is 7.05 Å². The van der Waals surface area contributed by atoms with Gasteiger partial charge in [-0.1, -0.05) is 78.9 Å². The molecule has 0 aliphatic heterocycles. The summed E-state index contributed by atoms with van der Waals surface area (Å²) in [6.45, 7) is 0. The second kappa shape index (κ2) is 8.89. The Morgan fingerprint density at radius 3 is 1.85 bits per heavy atom. The zero-order chi connectivity index (χ0) is 26.5. The molecule has 6 heteroatoms. The molecule has 0 radical (unpaired) electrons. The van der Waals surface area contributed by atoms with Crippen LogP contribution in [0.3, 0.4) is 0 Å². The SMILES string of the molecule is Cn1c(/C=C/c2ccccc2)nc2c1nc(C=C1C(=O)c3cc4ccccc4cc3C1=O)n2-c1ccccc1. The van der Waals surface area contributed by atoms with Crippen LogP contribution in [-0.2, 0) is 7.05 Å². The van der Waals surface area contributed by atoms with E-state index in [4.69, 9.17) is 9.97 Å². The molecule has 2 aromatic heterocycles. The van der Waals surface area contributed by atoms with Crippen LogP contribution in [0.1, 0.15) is 37.9 Å². The van der Waals surface area contributed by atoms with Crippen molar-refractivity contribution < 1.29 is 9.59 Å². The number of Topliss-reactive ketones (excluding diaryl/α,β-unsaturated/α-hetero) is 2. The fourth-order valence-electron chi connectivity index (χ4n) is 5.12. The minimum Gasteiger partial charge on any atom is -0.311 e. The van der Waals surface area contributed by atoms with Gasteiger partial charge in [-0.15, -0.1) is 0 Å². The van der Waals surface area contributed by atoms with Gasteiger partial charge in [0.15, 0.2) is 22.9 Å². The van der Waals surface area contributed by atoms with Crippen LogP contribution in [0, 0.1) is 0 Å². The van der Waals surface area contributed by atoms with Gasteiger partial charge in [-0.05, 0) is 52.8 Å². The van der Waals surface area contributed by atoms with Crippen LogP contribution < -0.4 is 0 Å². The van der Waals surface area contributed by atoms with E-state index in [2.05, 4.69) is 0 Å². The van der Waals surface area contributed by atoms with Gasteiger partial charge in [0.2, 0.25) is 0 Å². The van der Waals surface area contributed by atoms with E-state index in [1.807, 2.05) is 113 Å². The highest BCUT2D eigenvalue weighted by Crippen LogP contribution is 2.32. The third kappa shape index (κ3) is 3.73. The van der Waals surface area contributed by atoms with Crippen molar-refractivity contribution >= 4 is 51.9 Å². The van der Waals surface area contributed by atoms with E-state index < -0.39 is 0 Å². The van der Waals surface area contributed by atoms with Crippen molar-refractivity contribution in [1.82, 2.24) is 19.1 Å². The summed E-state index contributed by atoms with van der Waals surface area (Å²) in [7, 11) is 1.91. The normalized spacial score (nSPS) is 13.2. The van der Waals surface area contributed by atoms with Gasteiger partial charge in [-0.2, -0.15) is 0 Å². The molecule has 0 unspecified atom stereocenters. The summed E-state index contributed by atoms with van der Waals surface area (Å²) < 4.78 is 3.80. The Labute approximate surface area is 224 Å². The maximum absolute atomic E-state index is 13.4. The van der Waals surface area contributed by atoms with E-state index in [0.717, 1.165) is 27.8 Å². The van der Waals surface area contributed by atoms with Crippen LogP contribution in [0.15, 0.2) is 103 Å². The topological polar surface area (TPSA) is 69.8 Å². The van der Waals surface area contributed by atoms with Crippen molar-refractivity contribution in [3.8, 4) is 5.69 Å². The number of aryl methyl sites for hydroxylation is 1. The first-order valence-electron chi connectivity index (χ1n) is 12.7. The molecule has 0 fully saturated rings. The summed E-state index contributed by atoms with van der Waals surface area (Å²) >= 11 is 0. The minimum absolute atomic E-state index is 0.108. The summed E-state index contributed by atoms with van der Waals surface area (Å²) in [4.78, 5) is 36.6. The predicted molar refractivity (Wildman–Crippen MR) is 154 cm³/mol. The van der Waals surface area contributed by atoms with Crippen molar-refractivity contribution in [1.29, 1.82) is 0 Å². The Bertz CT molecular complexity index is 1940. The molecule has 1 aliphatic rings. The second-order valence-corrected chi connectivity index (χ2v) is 9.52. The molecule has 0 atom stereocenters. The average molecular weight is 507 g/mol. The molecule has 39 heavy (non-hydrogen) atoms. The lowest BCUT2D eigenvalue weighted by Gasteiger charge is -2.06. The number of para-hydroxylation sites is 1. The first-order chi connectivity index (χ1) is 19.1. The van der Waals surface area contributed by atoms with Crippen molar-refractivity contribution in [3.63, 3.8) is 0 Å². The monoisotopic (exact) mass is 506 g/mol. The predicted octanol–water partition coefficient (Wildman–Crippen LogP) is 6.55. The molecule has 0 bridgehead atoms. The Hall–Kier alpha value is -5.36. The van der Waals surface area contributed by atoms with Gasteiger partial charge in [0.1, 0.15) is 11.6 Å². The van der Waals surface area contributed by atoms with Gasteiger partial charge >= 0.3 is 0 Å². The number of benzene rings is 4. The van der Waals surface area contributed by atoms with E-state index in [1.54, 1.807) is 18.2 Å². The number of fused-ring (bicyclic) bond motifs is 3. The number of carbonyl (C=O) groups excluding carboxylic acids is 2. The number of rotatable bonds is 4. The molecule has 0 spiro atoms. The third-order valence-corrected chi connectivity index (χ3v) is 7.12. The van der Waals surface area contributed by atoms with Gasteiger partial charge < -0.3 is 4.57 Å². The minimum atomic E-state index is -0.285. The van der Waals surface area contributed by atoms with Crippen molar-refractivity contribution in [2.45, 2.75) is 0 Å². The zero-order valence-electron chi connectivity index (χ0n) is 21.1. The molecular weight excluding hydrogens is 484 g/mol. The molecular formula is C33H22N4O2. The van der Waals surface area contributed by atoms with Crippen LogP contribution in [-0.4, -0.2) is 30.7 Å². The molecule has 7 rings (SSSR count). The van der Waals surface area contributed by atoms with Gasteiger partial charge in [-0.3, -0.25) is 14.2 Å². The molecule has 2 heterocycles. The fraction of sp³-hybridized carbons (Fsp3) is 0.0303. The van der Waals surface area contributed by atoms with Gasteiger partial charge in [0.25, 0.3) is 0 Å². The molecule has 186 valence electrons. The van der Waals surface area contributed by atoms with Crippen LogP contribution in [0.4, 0.5) is 0 Å². The largest absolute Gasteiger partial charge is 0.311 e. The smallest absolute Gasteiger partial charge is 0.197 e. The lowest BCUT2D eigenvalue weighted by Crippen LogP contribution is -2.04. The number of hydrogen-bond donors (Lipinski definition) is 0. The molecule has 0 saturated heterocycles. The van der Waals surface area contributed by atoms with Gasteiger partial charge in [0, 0.05) is 23.9 Å². The number of nitrogens with zero attached hydrogens (tertiary/aromatic N) is 4. The molecule has 0 amide bonds. The number of aromatic nitrogens is 4. The molecule has 6 nitrogen and oxygen atoms in total. The fourth-order valence-corrected chi connectivity index (χ4v) is 5.12. The average Bonchev–Trinajstić information content (AvgIpc) is 3.56. The maximum Gasteiger partial charge on any atom is 0.197 e. The Morgan fingerprint density at radius 1 is 0.641 bits per heavy atom. The highest BCUT2D eigenvalue weighted by molar-refractivity contribution is 6.42. The Kier molecular flexibility index (Phi) is 5.20. The third-order valence-electron chi connectivity index (χ3n) is 7.12. The van der Waals surface area contributed by atoms with Crippen molar-refractivity contribution in [2.75, 3.05) is 0 Å². The number of allylic oxidation sites excluding steroid dienone is 1. The van der Waals surface area contributed by atoms with E-state index in [-0.39, 0.29) is 17.1 Å². The van der Waals surface area contributed by atoms with Crippen molar-refractivity contribution in [3.05, 3.63) is 131 Å². The lowest BCUT2D eigenvalue weighted by atomic mass is 10.0. The number of carbonyl (C=O) groups is 2. The summed E-state index contributed by atoms with van der Waals surface area (Å²) in [6.07, 6.45) is 5.56. The second-order valence-electron chi connectivity index (χ2n) is 9.52. The van der Waals surface area contributed by atoms with Crippen LogP contribution in [0.25, 0.3) is 46.0 Å². The van der Waals surface area contributed by atoms with E-state index in [0.29, 0.717) is 28.2 Å².